The fourth-order valence-electron chi connectivity index (χ4n) is 1.97. The number of allylic oxidation sites excluding steroid dienone is 1. The molecule has 0 spiro atoms. The zero-order valence-electron chi connectivity index (χ0n) is 11.9. The normalized spacial score (nSPS) is 15.7. The van der Waals surface area contributed by atoms with E-state index in [2.05, 4.69) is 16.9 Å². The Bertz CT molecular complexity index is 547. The van der Waals surface area contributed by atoms with Gasteiger partial charge in [0, 0.05) is 38.1 Å². The Hall–Kier alpha value is -1.11. The molecule has 0 aromatic carbocycles. The molecule has 1 aliphatic carbocycles. The summed E-state index contributed by atoms with van der Waals surface area (Å²) in [6.45, 7) is 4.84. The van der Waals surface area contributed by atoms with Crippen LogP contribution in [0.5, 0.6) is 0 Å². The lowest BCUT2D eigenvalue weighted by atomic mass is 10.3. The van der Waals surface area contributed by atoms with Crippen LogP contribution in [0.25, 0.3) is 0 Å². The molecule has 0 atom stereocenters. The van der Waals surface area contributed by atoms with E-state index in [-0.39, 0.29) is 0 Å². The van der Waals surface area contributed by atoms with Crippen LogP contribution in [-0.2, 0) is 16.6 Å². The summed E-state index contributed by atoms with van der Waals surface area (Å²) in [5.74, 6) is 0. The Labute approximate surface area is 121 Å². The van der Waals surface area contributed by atoms with Crippen LogP contribution in [0.2, 0.25) is 0 Å². The second-order valence-corrected chi connectivity index (χ2v) is 7.32. The van der Waals surface area contributed by atoms with Crippen molar-refractivity contribution < 1.29 is 8.42 Å². The molecular weight excluding hydrogens is 274 g/mol. The molecule has 112 valence electrons. The van der Waals surface area contributed by atoms with Gasteiger partial charge in [-0.2, -0.15) is 0 Å². The van der Waals surface area contributed by atoms with E-state index in [1.807, 2.05) is 0 Å². The number of unbranched alkanes of at least 4 members (excludes halogenated alkanes) is 1. The van der Waals surface area contributed by atoms with Gasteiger partial charge in [0.15, 0.2) is 0 Å². The average molecular weight is 297 g/mol. The molecule has 1 heterocycles. The summed E-state index contributed by atoms with van der Waals surface area (Å²) < 4.78 is 26.1. The summed E-state index contributed by atoms with van der Waals surface area (Å²) in [4.78, 5) is 3.37. The van der Waals surface area contributed by atoms with Crippen molar-refractivity contribution in [3.63, 3.8) is 0 Å². The van der Waals surface area contributed by atoms with Crippen LogP contribution in [-0.4, -0.2) is 37.3 Å². The Morgan fingerprint density at radius 3 is 2.95 bits per heavy atom. The molecule has 1 aliphatic rings. The molecule has 6 heteroatoms. The van der Waals surface area contributed by atoms with Crippen molar-refractivity contribution in [1.82, 2.24) is 14.6 Å². The summed E-state index contributed by atoms with van der Waals surface area (Å²) >= 11 is 0. The molecule has 20 heavy (non-hydrogen) atoms. The molecule has 1 aromatic heterocycles. The summed E-state index contributed by atoms with van der Waals surface area (Å²) in [7, 11) is -1.76. The number of nitrogens with zero attached hydrogens (tertiary/aromatic N) is 1. The summed E-state index contributed by atoms with van der Waals surface area (Å²) in [5.41, 5.74) is 0.912. The number of aromatic nitrogens is 1. The zero-order valence-corrected chi connectivity index (χ0v) is 12.7. The number of aromatic amines is 1. The maximum absolute atomic E-state index is 12.3. The average Bonchev–Trinajstić information content (AvgIpc) is 3.12. The van der Waals surface area contributed by atoms with Crippen molar-refractivity contribution in [3.8, 4) is 0 Å². The van der Waals surface area contributed by atoms with Crippen molar-refractivity contribution in [1.29, 1.82) is 0 Å². The van der Waals surface area contributed by atoms with Crippen LogP contribution in [0.15, 0.2) is 29.8 Å². The van der Waals surface area contributed by atoms with Crippen LogP contribution < -0.4 is 5.32 Å². The minimum absolute atomic E-state index is 0.339. The largest absolute Gasteiger partial charge is 0.363 e. The van der Waals surface area contributed by atoms with Gasteiger partial charge in [0.05, 0.1) is 4.90 Å². The topological polar surface area (TPSA) is 65.2 Å². The second-order valence-electron chi connectivity index (χ2n) is 5.27. The van der Waals surface area contributed by atoms with Gasteiger partial charge in [-0.3, -0.25) is 0 Å². The zero-order chi connectivity index (χ0) is 14.6. The van der Waals surface area contributed by atoms with Gasteiger partial charge in [-0.05, 0) is 31.7 Å². The van der Waals surface area contributed by atoms with Gasteiger partial charge in [-0.1, -0.05) is 6.08 Å². The molecule has 0 radical (unpaired) electrons. The maximum Gasteiger partial charge on any atom is 0.244 e. The van der Waals surface area contributed by atoms with Crippen LogP contribution >= 0.6 is 0 Å². The third-order valence-electron chi connectivity index (χ3n) is 3.46. The Morgan fingerprint density at radius 2 is 2.30 bits per heavy atom. The fraction of sp³-hybridized carbons (Fsp3) is 0.571. The van der Waals surface area contributed by atoms with E-state index < -0.39 is 10.0 Å². The first kappa shape index (κ1) is 15.3. The molecule has 1 aromatic rings. The summed E-state index contributed by atoms with van der Waals surface area (Å²) in [5, 5.41) is 3.36. The molecule has 0 saturated heterocycles. The van der Waals surface area contributed by atoms with Gasteiger partial charge in [-0.15, -0.1) is 6.58 Å². The molecule has 1 fully saturated rings. The van der Waals surface area contributed by atoms with E-state index in [1.165, 1.54) is 17.1 Å². The molecule has 0 unspecified atom stereocenters. The van der Waals surface area contributed by atoms with E-state index >= 15 is 0 Å². The van der Waals surface area contributed by atoms with Gasteiger partial charge in [0.2, 0.25) is 10.0 Å². The lowest BCUT2D eigenvalue weighted by Gasteiger charge is -2.15. The quantitative estimate of drug-likeness (QED) is 0.540. The van der Waals surface area contributed by atoms with E-state index in [1.54, 1.807) is 25.4 Å². The molecule has 2 N–H and O–H groups in total. The van der Waals surface area contributed by atoms with Crippen molar-refractivity contribution in [2.75, 3.05) is 13.6 Å². The number of H-pyrrole nitrogens is 1. The number of hydrogen-bond acceptors (Lipinski definition) is 3. The van der Waals surface area contributed by atoms with E-state index in [0.29, 0.717) is 24.0 Å². The lowest BCUT2D eigenvalue weighted by molar-refractivity contribution is 0.463. The fourth-order valence-corrected chi connectivity index (χ4v) is 3.20. The highest BCUT2D eigenvalue weighted by atomic mass is 32.2. The molecule has 0 bridgehead atoms. The predicted molar refractivity (Wildman–Crippen MR) is 79.9 cm³/mol. The lowest BCUT2D eigenvalue weighted by Crippen LogP contribution is -2.27. The minimum Gasteiger partial charge on any atom is -0.363 e. The van der Waals surface area contributed by atoms with Crippen LogP contribution in [0.4, 0.5) is 0 Å². The maximum atomic E-state index is 12.3. The number of sulfonamides is 1. The Morgan fingerprint density at radius 1 is 1.55 bits per heavy atom. The summed E-state index contributed by atoms with van der Waals surface area (Å²) in [6.07, 6.45) is 7.43. The first-order chi connectivity index (χ1) is 9.54. The molecule has 0 amide bonds. The summed E-state index contributed by atoms with van der Waals surface area (Å²) in [6, 6.07) is 2.33. The molecule has 2 rings (SSSR count). The molecule has 5 nitrogen and oxygen atoms in total. The van der Waals surface area contributed by atoms with E-state index in [4.69, 9.17) is 0 Å². The van der Waals surface area contributed by atoms with Crippen molar-refractivity contribution in [2.45, 2.75) is 43.2 Å². The number of hydrogen-bond donors (Lipinski definition) is 2. The first-order valence-corrected chi connectivity index (χ1v) is 8.46. The number of rotatable bonds is 9. The minimum atomic E-state index is -3.38. The van der Waals surface area contributed by atoms with Gasteiger partial charge in [-0.25, -0.2) is 12.7 Å². The van der Waals surface area contributed by atoms with Crippen LogP contribution in [0.1, 0.15) is 31.4 Å². The third kappa shape index (κ3) is 3.94. The SMILES string of the molecule is C=CCCCN(C)S(=O)(=O)c1c[nH]c(CNC2CC2)c1. The second kappa shape index (κ2) is 6.56. The highest BCUT2D eigenvalue weighted by molar-refractivity contribution is 7.89. The standard InChI is InChI=1S/C14H23N3O2S/c1-3-4-5-8-17(2)20(18,19)14-9-13(16-11-14)10-15-12-6-7-12/h3,9,11-12,15-16H,1,4-8,10H2,2H3. The van der Waals surface area contributed by atoms with Crippen LogP contribution in [0, 0.1) is 0 Å². The highest BCUT2D eigenvalue weighted by Gasteiger charge is 2.23. The Balaban J connectivity index is 1.95. The Kier molecular flexibility index (Phi) is 5.01. The van der Waals surface area contributed by atoms with Gasteiger partial charge < -0.3 is 10.3 Å². The van der Waals surface area contributed by atoms with Crippen molar-refractivity contribution >= 4 is 10.0 Å². The molecule has 1 saturated carbocycles. The van der Waals surface area contributed by atoms with Crippen molar-refractivity contribution in [2.24, 2.45) is 0 Å². The highest BCUT2D eigenvalue weighted by Crippen LogP contribution is 2.20. The van der Waals surface area contributed by atoms with Gasteiger partial charge >= 0.3 is 0 Å². The molecule has 0 aliphatic heterocycles. The van der Waals surface area contributed by atoms with Gasteiger partial charge in [0.25, 0.3) is 0 Å². The molecular formula is C14H23N3O2S. The monoisotopic (exact) mass is 297 g/mol. The predicted octanol–water partition coefficient (Wildman–Crippen LogP) is 1.85. The van der Waals surface area contributed by atoms with Crippen LogP contribution in [0.3, 0.4) is 0 Å². The smallest absolute Gasteiger partial charge is 0.244 e. The van der Waals surface area contributed by atoms with E-state index in [0.717, 1.165) is 18.5 Å². The third-order valence-corrected chi connectivity index (χ3v) is 5.30. The van der Waals surface area contributed by atoms with E-state index in [9.17, 15) is 8.42 Å². The van der Waals surface area contributed by atoms with Gasteiger partial charge in [0.1, 0.15) is 0 Å². The van der Waals surface area contributed by atoms with Crippen molar-refractivity contribution in [3.05, 3.63) is 30.6 Å². The number of nitrogens with one attached hydrogen (secondary N) is 2. The first-order valence-electron chi connectivity index (χ1n) is 7.02.